The van der Waals surface area contributed by atoms with E-state index in [4.69, 9.17) is 4.74 Å². The van der Waals surface area contributed by atoms with Crippen molar-refractivity contribution in [2.45, 2.75) is 11.3 Å². The first-order chi connectivity index (χ1) is 13.2. The van der Waals surface area contributed by atoms with Crippen molar-refractivity contribution in [3.05, 3.63) is 47.8 Å². The van der Waals surface area contributed by atoms with Crippen LogP contribution >= 0.6 is 0 Å². The lowest BCUT2D eigenvalue weighted by Crippen LogP contribution is -2.34. The maximum Gasteiger partial charge on any atom is 0.254 e. The fraction of sp³-hybridized carbons (Fsp3) is 0.200. The monoisotopic (exact) mass is 422 g/mol. The van der Waals surface area contributed by atoms with Gasteiger partial charge in [0, 0.05) is 13.0 Å². The number of nitrogens with zero attached hydrogens (tertiary/aromatic N) is 1. The van der Waals surface area contributed by atoms with Crippen molar-refractivity contribution < 1.29 is 35.5 Å². The molecule has 0 unspecified atom stereocenters. The number of amides is 1. The number of ether oxygens (including phenoxy) is 1. The Morgan fingerprint density at radius 2 is 1.64 bits per heavy atom. The molecule has 13 heteroatoms. The molecule has 0 radical (unpaired) electrons. The summed E-state index contributed by atoms with van der Waals surface area (Å²) in [6, 6.07) is 5.45. The van der Waals surface area contributed by atoms with E-state index >= 15 is 0 Å². The van der Waals surface area contributed by atoms with Crippen LogP contribution in [0.3, 0.4) is 0 Å². The topological polar surface area (TPSA) is 109 Å². The molecule has 2 rings (SSSR count). The van der Waals surface area contributed by atoms with Crippen LogP contribution in [-0.2, 0) is 14.8 Å². The lowest BCUT2D eigenvalue weighted by molar-refractivity contribution is -0.120. The molecule has 0 saturated heterocycles. The maximum atomic E-state index is 13.4. The summed E-state index contributed by atoms with van der Waals surface area (Å²) in [6.07, 6.45) is -0.443. The number of aromatic nitrogens is 1. The second-order valence-electron chi connectivity index (χ2n) is 5.19. The van der Waals surface area contributed by atoms with Crippen LogP contribution in [0.4, 0.5) is 23.2 Å². The van der Waals surface area contributed by atoms with E-state index in [1.54, 1.807) is 10.9 Å². The molecule has 1 aromatic heterocycles. The van der Waals surface area contributed by atoms with Crippen molar-refractivity contribution in [2.24, 2.45) is 0 Å². The van der Waals surface area contributed by atoms with E-state index in [0.29, 0.717) is 5.75 Å². The number of sulfonamides is 1. The molecule has 0 aliphatic carbocycles. The lowest BCUT2D eigenvalue weighted by atomic mass is 10.3. The van der Waals surface area contributed by atoms with E-state index in [1.807, 2.05) is 0 Å². The van der Waals surface area contributed by atoms with Gasteiger partial charge in [0.2, 0.25) is 27.6 Å². The van der Waals surface area contributed by atoms with E-state index in [-0.39, 0.29) is 11.4 Å². The molecule has 0 saturated carbocycles. The van der Waals surface area contributed by atoms with Crippen molar-refractivity contribution in [3.8, 4) is 5.75 Å². The van der Waals surface area contributed by atoms with Gasteiger partial charge < -0.3 is 4.74 Å². The minimum absolute atomic E-state index is 0.0706. The Labute approximate surface area is 156 Å². The van der Waals surface area contributed by atoms with E-state index in [1.165, 1.54) is 31.4 Å². The van der Waals surface area contributed by atoms with Crippen LogP contribution in [-0.4, -0.2) is 33.0 Å². The number of hydrogen-bond donors (Lipinski definition) is 3. The summed E-state index contributed by atoms with van der Waals surface area (Å²) in [5, 5.41) is 0. The molecule has 152 valence electrons. The predicted molar refractivity (Wildman–Crippen MR) is 88.6 cm³/mol. The third-order valence-corrected chi connectivity index (χ3v) is 4.82. The summed E-state index contributed by atoms with van der Waals surface area (Å²) in [5.41, 5.74) is 2.21. The molecule has 3 N–H and O–H groups in total. The van der Waals surface area contributed by atoms with Gasteiger partial charge in [0.25, 0.3) is 11.9 Å². The Bertz CT molecular complexity index is 945. The molecule has 0 fully saturated rings. The maximum absolute atomic E-state index is 13.4. The average Bonchev–Trinajstić information content (AvgIpc) is 2.66. The number of benzene rings is 1. The number of rotatable bonds is 8. The Morgan fingerprint density at radius 3 is 2.18 bits per heavy atom. The Morgan fingerprint density at radius 1 is 1.07 bits per heavy atom. The third kappa shape index (κ3) is 5.07. The number of anilines is 1. The number of halogens is 4. The lowest BCUT2D eigenvalue weighted by Gasteiger charge is -2.11. The number of hydrazine groups is 1. The molecule has 0 bridgehead atoms. The zero-order valence-corrected chi connectivity index (χ0v) is 15.0. The molecule has 0 aliphatic rings. The van der Waals surface area contributed by atoms with Gasteiger partial charge in [-0.3, -0.25) is 15.6 Å². The van der Waals surface area contributed by atoms with E-state index in [9.17, 15) is 30.8 Å². The summed E-state index contributed by atoms with van der Waals surface area (Å²) in [4.78, 5) is 13.9. The molecule has 0 spiro atoms. The number of methoxy groups -OCH3 is 1. The molecular weight excluding hydrogens is 408 g/mol. The Balaban J connectivity index is 1.89. The minimum atomic E-state index is -3.91. The average molecular weight is 422 g/mol. The van der Waals surface area contributed by atoms with Crippen molar-refractivity contribution in [1.82, 2.24) is 15.1 Å². The highest BCUT2D eigenvalue weighted by atomic mass is 32.2. The van der Waals surface area contributed by atoms with Crippen LogP contribution in [0, 0.1) is 23.5 Å². The van der Waals surface area contributed by atoms with E-state index < -0.39 is 51.6 Å². The summed E-state index contributed by atoms with van der Waals surface area (Å²) in [6.45, 7) is -0.355. The molecule has 1 heterocycles. The van der Waals surface area contributed by atoms with Crippen molar-refractivity contribution >= 4 is 21.6 Å². The fourth-order valence-electron chi connectivity index (χ4n) is 1.93. The van der Waals surface area contributed by atoms with Crippen molar-refractivity contribution in [2.75, 3.05) is 19.1 Å². The van der Waals surface area contributed by atoms with Crippen LogP contribution in [0.1, 0.15) is 6.42 Å². The molecule has 0 atom stereocenters. The number of carbonyl (C=O) groups excluding carboxylic acids is 1. The predicted octanol–water partition coefficient (Wildman–Crippen LogP) is 1.46. The molecular formula is C15H14F4N4O4S. The highest BCUT2D eigenvalue weighted by Crippen LogP contribution is 2.21. The zero-order valence-electron chi connectivity index (χ0n) is 14.2. The van der Waals surface area contributed by atoms with Gasteiger partial charge >= 0.3 is 0 Å². The van der Waals surface area contributed by atoms with Crippen LogP contribution in [0.2, 0.25) is 0 Å². The number of carbonyl (C=O) groups is 1. The van der Waals surface area contributed by atoms with E-state index in [2.05, 4.69) is 9.71 Å². The van der Waals surface area contributed by atoms with Crippen molar-refractivity contribution in [3.63, 3.8) is 0 Å². The first-order valence-electron chi connectivity index (χ1n) is 7.54. The first kappa shape index (κ1) is 21.4. The van der Waals surface area contributed by atoms with Gasteiger partial charge in [-0.25, -0.2) is 13.1 Å². The highest BCUT2D eigenvalue weighted by Gasteiger charge is 2.21. The summed E-state index contributed by atoms with van der Waals surface area (Å²) in [5.74, 6) is -7.92. The standard InChI is InChI=1S/C15H14F4N4O4S/c1-27-8-2-4-9(5-3-8)28(25,26)20-7-6-10(24)22-23-13-11(16)14(18)21-15(19)12(13)17/h2-5,20H,6-7H2,1H3,(H,21,23)(H,22,24). The zero-order chi connectivity index (χ0) is 20.9. The minimum Gasteiger partial charge on any atom is -0.497 e. The Hall–Kier alpha value is -2.93. The van der Waals surface area contributed by atoms with E-state index in [0.717, 1.165) is 0 Å². The van der Waals surface area contributed by atoms with Gasteiger partial charge in [0.05, 0.1) is 12.0 Å². The van der Waals surface area contributed by atoms with Gasteiger partial charge in [-0.05, 0) is 24.3 Å². The van der Waals surface area contributed by atoms with Crippen LogP contribution < -0.4 is 20.3 Å². The van der Waals surface area contributed by atoms with Gasteiger partial charge in [-0.15, -0.1) is 0 Å². The normalized spacial score (nSPS) is 11.2. The highest BCUT2D eigenvalue weighted by molar-refractivity contribution is 7.89. The molecule has 8 nitrogen and oxygen atoms in total. The number of hydrogen-bond acceptors (Lipinski definition) is 6. The van der Waals surface area contributed by atoms with Gasteiger partial charge in [0.15, 0.2) is 0 Å². The van der Waals surface area contributed by atoms with Crippen LogP contribution in [0.25, 0.3) is 0 Å². The van der Waals surface area contributed by atoms with Crippen LogP contribution in [0.5, 0.6) is 5.75 Å². The summed E-state index contributed by atoms with van der Waals surface area (Å²) < 4.78 is 83.9. The second-order valence-corrected chi connectivity index (χ2v) is 6.96. The second kappa shape index (κ2) is 8.84. The van der Waals surface area contributed by atoms with Gasteiger partial charge in [-0.2, -0.15) is 22.5 Å². The summed E-state index contributed by atoms with van der Waals surface area (Å²) >= 11 is 0. The SMILES string of the molecule is COc1ccc(S(=O)(=O)NCCC(=O)NNc2c(F)c(F)nc(F)c2F)cc1. The van der Waals surface area contributed by atoms with Crippen LogP contribution in [0.15, 0.2) is 29.2 Å². The number of nitrogens with one attached hydrogen (secondary N) is 3. The molecule has 28 heavy (non-hydrogen) atoms. The van der Waals surface area contributed by atoms with Gasteiger partial charge in [-0.1, -0.05) is 0 Å². The third-order valence-electron chi connectivity index (χ3n) is 3.34. The molecule has 0 aliphatic heterocycles. The van der Waals surface area contributed by atoms with Gasteiger partial charge in [0.1, 0.15) is 11.4 Å². The Kier molecular flexibility index (Phi) is 6.75. The van der Waals surface area contributed by atoms with Crippen molar-refractivity contribution in [1.29, 1.82) is 0 Å². The number of pyridine rings is 1. The molecule has 1 amide bonds. The summed E-state index contributed by atoms with van der Waals surface area (Å²) in [7, 11) is -2.49. The fourth-order valence-corrected chi connectivity index (χ4v) is 2.96. The largest absolute Gasteiger partial charge is 0.497 e. The molecule has 2 aromatic rings. The first-order valence-corrected chi connectivity index (χ1v) is 9.02. The molecule has 1 aromatic carbocycles. The quantitative estimate of drug-likeness (QED) is 0.338. The smallest absolute Gasteiger partial charge is 0.254 e.